The Morgan fingerprint density at radius 2 is 1.77 bits per heavy atom. The molecule has 1 aliphatic heterocycles. The lowest BCUT2D eigenvalue weighted by molar-refractivity contribution is 0.100. The lowest BCUT2D eigenvalue weighted by atomic mass is 9.91. The molecule has 2 aromatic carbocycles. The van der Waals surface area contributed by atoms with Gasteiger partial charge in [0, 0.05) is 24.5 Å². The zero-order valence-electron chi connectivity index (χ0n) is 17.6. The smallest absolute Gasteiger partial charge is 0.252 e. The Morgan fingerprint density at radius 1 is 1.03 bits per heavy atom. The van der Waals surface area contributed by atoms with Gasteiger partial charge in [-0.05, 0) is 61.5 Å². The van der Waals surface area contributed by atoms with Crippen LogP contribution in [0.3, 0.4) is 0 Å². The average molecular weight is 416 g/mol. The van der Waals surface area contributed by atoms with Crippen LogP contribution in [-0.2, 0) is 13.0 Å². The molecule has 0 saturated carbocycles. The number of rotatable bonds is 8. The Hall–Kier alpha value is -3.38. The van der Waals surface area contributed by atoms with E-state index in [0.29, 0.717) is 23.6 Å². The average Bonchev–Trinajstić information content (AvgIpc) is 2.80. The van der Waals surface area contributed by atoms with Crippen molar-refractivity contribution in [3.8, 4) is 0 Å². The van der Waals surface area contributed by atoms with Crippen molar-refractivity contribution >= 4 is 23.1 Å². The zero-order chi connectivity index (χ0) is 21.5. The first kappa shape index (κ1) is 20.9. The molecule has 0 atom stereocenters. The number of nitrogens with zero attached hydrogens (tertiary/aromatic N) is 1. The highest BCUT2D eigenvalue weighted by molar-refractivity contribution is 5.98. The van der Waals surface area contributed by atoms with E-state index in [2.05, 4.69) is 45.2 Å². The summed E-state index contributed by atoms with van der Waals surface area (Å²) in [4.78, 5) is 16.2. The van der Waals surface area contributed by atoms with Crippen molar-refractivity contribution in [3.63, 3.8) is 0 Å². The van der Waals surface area contributed by atoms with E-state index in [1.807, 2.05) is 36.4 Å². The highest BCUT2D eigenvalue weighted by Gasteiger charge is 2.14. The Balaban J connectivity index is 1.43. The van der Waals surface area contributed by atoms with Gasteiger partial charge in [-0.1, -0.05) is 42.5 Å². The van der Waals surface area contributed by atoms with Crippen molar-refractivity contribution in [1.29, 1.82) is 0 Å². The standard InChI is InChI=1S/C25H29N5O/c26-25(31)22-17-29-24(15-23(22)28-16-20-4-2-1-3-5-20)30-21-8-6-18(7-9-21)14-19-10-12-27-13-11-19/h1-9,15,17,19,27H,10-14,16H2,(H2,26,31)(H2,28,29,30). The second-order valence-corrected chi connectivity index (χ2v) is 8.04. The van der Waals surface area contributed by atoms with Crippen molar-refractivity contribution in [3.05, 3.63) is 83.6 Å². The zero-order valence-corrected chi connectivity index (χ0v) is 17.6. The number of pyridine rings is 1. The molecule has 4 rings (SSSR count). The minimum Gasteiger partial charge on any atom is -0.380 e. The minimum absolute atomic E-state index is 0.374. The van der Waals surface area contributed by atoms with Gasteiger partial charge in [-0.2, -0.15) is 0 Å². The maximum Gasteiger partial charge on any atom is 0.252 e. The molecule has 0 unspecified atom stereocenters. The second kappa shape index (κ2) is 10.1. The van der Waals surface area contributed by atoms with Gasteiger partial charge in [0.2, 0.25) is 0 Å². The van der Waals surface area contributed by atoms with Crippen LogP contribution in [0.5, 0.6) is 0 Å². The van der Waals surface area contributed by atoms with E-state index in [9.17, 15) is 4.79 Å². The third kappa shape index (κ3) is 5.83. The van der Waals surface area contributed by atoms with Crippen molar-refractivity contribution in [2.24, 2.45) is 11.7 Å². The number of nitrogens with one attached hydrogen (secondary N) is 3. The molecule has 6 nitrogen and oxygen atoms in total. The molecule has 1 aromatic heterocycles. The number of hydrogen-bond donors (Lipinski definition) is 4. The highest BCUT2D eigenvalue weighted by atomic mass is 16.1. The lowest BCUT2D eigenvalue weighted by Gasteiger charge is -2.22. The summed E-state index contributed by atoms with van der Waals surface area (Å²) >= 11 is 0. The number of nitrogens with two attached hydrogens (primary N) is 1. The maximum atomic E-state index is 11.8. The molecule has 160 valence electrons. The van der Waals surface area contributed by atoms with Gasteiger partial charge in [-0.3, -0.25) is 4.79 Å². The van der Waals surface area contributed by atoms with Gasteiger partial charge in [-0.15, -0.1) is 0 Å². The lowest BCUT2D eigenvalue weighted by Crippen LogP contribution is -2.28. The first-order valence-electron chi connectivity index (χ1n) is 10.8. The predicted molar refractivity (Wildman–Crippen MR) is 126 cm³/mol. The van der Waals surface area contributed by atoms with Gasteiger partial charge in [-0.25, -0.2) is 4.98 Å². The molecule has 1 amide bonds. The van der Waals surface area contributed by atoms with Gasteiger partial charge in [0.15, 0.2) is 0 Å². The molecule has 31 heavy (non-hydrogen) atoms. The SMILES string of the molecule is NC(=O)c1cnc(Nc2ccc(CC3CCNCC3)cc2)cc1NCc1ccccc1. The summed E-state index contributed by atoms with van der Waals surface area (Å²) in [6, 6.07) is 20.4. The Labute approximate surface area is 183 Å². The van der Waals surface area contributed by atoms with Crippen LogP contribution >= 0.6 is 0 Å². The first-order chi connectivity index (χ1) is 15.2. The highest BCUT2D eigenvalue weighted by Crippen LogP contribution is 2.24. The predicted octanol–water partition coefficient (Wildman–Crippen LogP) is 4.08. The molecule has 1 fully saturated rings. The van der Waals surface area contributed by atoms with Crippen molar-refractivity contribution in [1.82, 2.24) is 10.3 Å². The molecule has 1 saturated heterocycles. The molecular formula is C25H29N5O. The number of anilines is 3. The van der Waals surface area contributed by atoms with Gasteiger partial charge < -0.3 is 21.7 Å². The van der Waals surface area contributed by atoms with Crippen LogP contribution in [-0.4, -0.2) is 24.0 Å². The largest absolute Gasteiger partial charge is 0.380 e. The number of piperidine rings is 1. The third-order valence-corrected chi connectivity index (χ3v) is 5.70. The van der Waals surface area contributed by atoms with E-state index in [1.165, 1.54) is 24.6 Å². The van der Waals surface area contributed by atoms with Crippen LogP contribution in [0.1, 0.15) is 34.3 Å². The van der Waals surface area contributed by atoms with Crippen LogP contribution < -0.4 is 21.7 Å². The molecule has 0 radical (unpaired) electrons. The summed E-state index contributed by atoms with van der Waals surface area (Å²) < 4.78 is 0. The number of amides is 1. The Bertz CT molecular complexity index is 998. The normalized spacial score (nSPS) is 14.2. The molecule has 0 spiro atoms. The molecule has 6 heteroatoms. The molecule has 0 bridgehead atoms. The number of carbonyl (C=O) groups is 1. The summed E-state index contributed by atoms with van der Waals surface area (Å²) in [5.74, 6) is 0.921. The fourth-order valence-electron chi connectivity index (χ4n) is 3.95. The van der Waals surface area contributed by atoms with E-state index in [-0.39, 0.29) is 0 Å². The third-order valence-electron chi connectivity index (χ3n) is 5.70. The molecule has 1 aliphatic rings. The fraction of sp³-hybridized carbons (Fsp3) is 0.280. The van der Waals surface area contributed by atoms with Gasteiger partial charge in [0.25, 0.3) is 5.91 Å². The number of hydrogen-bond acceptors (Lipinski definition) is 5. The summed E-state index contributed by atoms with van der Waals surface area (Å²) in [5, 5.41) is 10.1. The van der Waals surface area contributed by atoms with Gasteiger partial charge in [0.1, 0.15) is 5.82 Å². The van der Waals surface area contributed by atoms with Gasteiger partial charge in [0.05, 0.1) is 11.3 Å². The summed E-state index contributed by atoms with van der Waals surface area (Å²) in [7, 11) is 0. The van der Waals surface area contributed by atoms with E-state index in [1.54, 1.807) is 0 Å². The maximum absolute atomic E-state index is 11.8. The molecule has 3 aromatic rings. The molecule has 2 heterocycles. The van der Waals surface area contributed by atoms with Crippen LogP contribution in [0.2, 0.25) is 0 Å². The summed E-state index contributed by atoms with van der Waals surface area (Å²) in [6.45, 7) is 2.84. The molecule has 5 N–H and O–H groups in total. The molecular weight excluding hydrogens is 386 g/mol. The number of benzene rings is 2. The van der Waals surface area contributed by atoms with Crippen molar-refractivity contribution in [2.45, 2.75) is 25.8 Å². The van der Waals surface area contributed by atoms with Crippen molar-refractivity contribution in [2.75, 3.05) is 23.7 Å². The quantitative estimate of drug-likeness (QED) is 0.445. The Kier molecular flexibility index (Phi) is 6.79. The second-order valence-electron chi connectivity index (χ2n) is 8.04. The summed E-state index contributed by atoms with van der Waals surface area (Å²) in [5.41, 5.74) is 10.0. The monoisotopic (exact) mass is 415 g/mol. The van der Waals surface area contributed by atoms with E-state index in [4.69, 9.17) is 5.73 Å². The number of carbonyl (C=O) groups excluding carboxylic acids is 1. The minimum atomic E-state index is -0.503. The number of aromatic nitrogens is 1. The fourth-order valence-corrected chi connectivity index (χ4v) is 3.95. The van der Waals surface area contributed by atoms with Crippen LogP contribution in [0.15, 0.2) is 66.9 Å². The van der Waals surface area contributed by atoms with E-state index in [0.717, 1.165) is 36.7 Å². The summed E-state index contributed by atoms with van der Waals surface area (Å²) in [6.07, 6.45) is 5.13. The van der Waals surface area contributed by atoms with Crippen LogP contribution in [0.4, 0.5) is 17.2 Å². The Morgan fingerprint density at radius 3 is 2.48 bits per heavy atom. The van der Waals surface area contributed by atoms with Crippen LogP contribution in [0.25, 0.3) is 0 Å². The van der Waals surface area contributed by atoms with E-state index < -0.39 is 5.91 Å². The van der Waals surface area contributed by atoms with Crippen molar-refractivity contribution < 1.29 is 4.79 Å². The van der Waals surface area contributed by atoms with Crippen LogP contribution in [0, 0.1) is 5.92 Å². The van der Waals surface area contributed by atoms with Gasteiger partial charge >= 0.3 is 0 Å². The molecule has 0 aliphatic carbocycles. The van der Waals surface area contributed by atoms with E-state index >= 15 is 0 Å². The number of primary amides is 1. The first-order valence-corrected chi connectivity index (χ1v) is 10.8. The topological polar surface area (TPSA) is 92.1 Å².